The average Bonchev–Trinajstić information content (AvgIpc) is 3.23. The molecule has 0 radical (unpaired) electrons. The maximum absolute atomic E-state index is 12.0. The molecule has 0 saturated heterocycles. The number of fused-ring (bicyclic) bond motifs is 3. The number of rotatable bonds is 11. The minimum Gasteiger partial charge on any atom is -0.481 e. The van der Waals surface area contributed by atoms with Gasteiger partial charge in [-0.15, -0.1) is 0 Å². The van der Waals surface area contributed by atoms with E-state index in [4.69, 9.17) is 9.84 Å². The molecule has 0 amide bonds. The summed E-state index contributed by atoms with van der Waals surface area (Å²) in [5.74, 6) is 0.953. The fourth-order valence-corrected chi connectivity index (χ4v) is 8.02. The molecule has 2 aromatic rings. The summed E-state index contributed by atoms with van der Waals surface area (Å²) in [6, 6.07) is 9.18. The van der Waals surface area contributed by atoms with Gasteiger partial charge in [0.2, 0.25) is 5.69 Å². The zero-order valence-corrected chi connectivity index (χ0v) is 32.3. The first kappa shape index (κ1) is 38.0. The van der Waals surface area contributed by atoms with Gasteiger partial charge < -0.3 is 14.7 Å². The number of ether oxygens (including phenoxy) is 1. The Labute approximate surface area is 304 Å². The number of unbranched alkanes of at least 4 members (excludes halogenated alkanes) is 2. The van der Waals surface area contributed by atoms with Crippen molar-refractivity contribution >= 4 is 44.3 Å². The van der Waals surface area contributed by atoms with Gasteiger partial charge in [0, 0.05) is 65.4 Å². The smallest absolute Gasteiger partial charge is 0.303 e. The Morgan fingerprint density at radius 1 is 1.00 bits per heavy atom. The number of hydrogen-bond acceptors (Lipinski definition) is 5. The zero-order chi connectivity index (χ0) is 37.5. The molecule has 8 nitrogen and oxygen atoms in total. The first-order valence-electron chi connectivity index (χ1n) is 17.9. The third kappa shape index (κ3) is 7.85. The van der Waals surface area contributed by atoms with Crippen LogP contribution in [0.1, 0.15) is 105 Å². The van der Waals surface area contributed by atoms with Gasteiger partial charge >= 0.3 is 5.97 Å². The molecule has 0 unspecified atom stereocenters. The number of aliphatic carboxylic acids is 1. The highest BCUT2D eigenvalue weighted by atomic mass is 32.2. The van der Waals surface area contributed by atoms with Crippen molar-refractivity contribution in [3.63, 3.8) is 0 Å². The van der Waals surface area contributed by atoms with Gasteiger partial charge in [0.25, 0.3) is 10.1 Å². The van der Waals surface area contributed by atoms with E-state index in [1.54, 1.807) is 12.1 Å². The van der Waals surface area contributed by atoms with Gasteiger partial charge in [-0.2, -0.15) is 13.0 Å². The van der Waals surface area contributed by atoms with Gasteiger partial charge in [-0.25, -0.2) is 0 Å². The second kappa shape index (κ2) is 14.1. The van der Waals surface area contributed by atoms with Gasteiger partial charge in [-0.05, 0) is 89.8 Å². The van der Waals surface area contributed by atoms with Crippen molar-refractivity contribution in [2.75, 3.05) is 18.0 Å². The Morgan fingerprint density at radius 3 is 2.37 bits per heavy atom. The van der Waals surface area contributed by atoms with Crippen molar-refractivity contribution in [2.45, 2.75) is 104 Å². The van der Waals surface area contributed by atoms with E-state index in [-0.39, 0.29) is 22.3 Å². The number of carboxylic acid groups (broad SMARTS) is 1. The minimum atomic E-state index is -4.37. The van der Waals surface area contributed by atoms with E-state index in [0.29, 0.717) is 13.0 Å². The molecule has 0 spiro atoms. The summed E-state index contributed by atoms with van der Waals surface area (Å²) in [6.07, 6.45) is 16.9. The van der Waals surface area contributed by atoms with Crippen LogP contribution in [0.5, 0.6) is 5.75 Å². The van der Waals surface area contributed by atoms with Crippen molar-refractivity contribution in [2.24, 2.45) is 5.41 Å². The predicted molar refractivity (Wildman–Crippen MR) is 207 cm³/mol. The topological polar surface area (TPSA) is 107 Å². The summed E-state index contributed by atoms with van der Waals surface area (Å²) in [5, 5.41) is 9.05. The molecule has 3 aliphatic heterocycles. The molecule has 9 heteroatoms. The van der Waals surface area contributed by atoms with E-state index in [0.717, 1.165) is 59.0 Å². The zero-order valence-electron chi connectivity index (χ0n) is 31.5. The Balaban J connectivity index is 1.50. The van der Waals surface area contributed by atoms with Crippen molar-refractivity contribution in [3.8, 4) is 5.75 Å². The number of carbonyl (C=O) groups is 1. The molecule has 272 valence electrons. The van der Waals surface area contributed by atoms with Crippen molar-refractivity contribution in [1.82, 2.24) is 0 Å². The van der Waals surface area contributed by atoms with Crippen molar-refractivity contribution < 1.29 is 32.2 Å². The van der Waals surface area contributed by atoms with Gasteiger partial charge in [0.05, 0.1) is 15.8 Å². The molecule has 0 bridgehead atoms. The van der Waals surface area contributed by atoms with Crippen LogP contribution in [0.25, 0.3) is 11.1 Å². The van der Waals surface area contributed by atoms with Crippen LogP contribution in [-0.4, -0.2) is 53.0 Å². The van der Waals surface area contributed by atoms with Crippen LogP contribution in [0.3, 0.4) is 0 Å². The Kier molecular flexibility index (Phi) is 10.5. The molecule has 0 fully saturated rings. The summed E-state index contributed by atoms with van der Waals surface area (Å²) in [7, 11) is -4.37. The maximum atomic E-state index is 12.0. The number of nitrogens with zero attached hydrogens (tertiary/aromatic N) is 2. The number of hydrogen-bond donors (Lipinski definition) is 2. The van der Waals surface area contributed by atoms with Gasteiger partial charge in [-0.3, -0.25) is 9.35 Å². The Hall–Kier alpha value is -4.21. The van der Waals surface area contributed by atoms with Crippen LogP contribution < -0.4 is 9.64 Å². The van der Waals surface area contributed by atoms with Crippen LogP contribution in [-0.2, 0) is 20.3 Å². The SMILES string of the molecule is CCN1c2cc3c(cc2C(C)=CC1(C)C)C(=CC=CC=CC1=[N+](CCCCCC(=O)O)c2ccc(S(=O)(=O)O)cc2C1(C)C)C=C(C(C)(C)C)O3. The summed E-state index contributed by atoms with van der Waals surface area (Å²) in [6.45, 7) is 20.9. The quantitative estimate of drug-likeness (QED) is 0.103. The second-order valence-corrected chi connectivity index (χ2v) is 17.3. The van der Waals surface area contributed by atoms with E-state index < -0.39 is 21.5 Å². The highest BCUT2D eigenvalue weighted by Gasteiger charge is 2.44. The molecule has 5 rings (SSSR count). The monoisotopic (exact) mass is 713 g/mol. The molecular formula is C42H53N2O6S+. The molecule has 51 heavy (non-hydrogen) atoms. The van der Waals surface area contributed by atoms with Gasteiger partial charge in [0.15, 0.2) is 5.71 Å². The highest BCUT2D eigenvalue weighted by Crippen LogP contribution is 2.47. The lowest BCUT2D eigenvalue weighted by molar-refractivity contribution is -0.438. The molecule has 0 atom stereocenters. The largest absolute Gasteiger partial charge is 0.481 e. The Morgan fingerprint density at radius 2 is 1.73 bits per heavy atom. The summed E-state index contributed by atoms with van der Waals surface area (Å²) in [4.78, 5) is 13.3. The van der Waals surface area contributed by atoms with E-state index in [1.165, 1.54) is 22.9 Å². The first-order valence-corrected chi connectivity index (χ1v) is 19.3. The second-order valence-electron chi connectivity index (χ2n) is 15.8. The molecule has 3 aliphatic rings. The minimum absolute atomic E-state index is 0.104. The number of likely N-dealkylation sites (N-methyl/N-ethyl adjacent to an activating group) is 1. The van der Waals surface area contributed by atoms with E-state index >= 15 is 0 Å². The molecule has 0 saturated carbocycles. The molecular weight excluding hydrogens is 661 g/mol. The van der Waals surface area contributed by atoms with Gasteiger partial charge in [-0.1, -0.05) is 51.2 Å². The average molecular weight is 714 g/mol. The molecule has 2 N–H and O–H groups in total. The van der Waals surface area contributed by atoms with Crippen LogP contribution >= 0.6 is 0 Å². The van der Waals surface area contributed by atoms with Crippen LogP contribution in [0.2, 0.25) is 0 Å². The fraction of sp³-hybridized carbons (Fsp3) is 0.429. The number of allylic oxidation sites excluding steroid dienone is 9. The summed E-state index contributed by atoms with van der Waals surface area (Å²) < 4.78 is 42.6. The van der Waals surface area contributed by atoms with E-state index in [2.05, 4.69) is 94.4 Å². The van der Waals surface area contributed by atoms with E-state index in [1.807, 2.05) is 32.1 Å². The van der Waals surface area contributed by atoms with Crippen molar-refractivity contribution in [3.05, 3.63) is 95.3 Å². The normalized spacial score (nSPS) is 18.9. The summed E-state index contributed by atoms with van der Waals surface area (Å²) >= 11 is 0. The third-order valence-corrected chi connectivity index (χ3v) is 11.0. The van der Waals surface area contributed by atoms with Crippen LogP contribution in [0.4, 0.5) is 11.4 Å². The number of carboxylic acids is 1. The first-order chi connectivity index (χ1) is 23.8. The standard InChI is InChI=1S/C42H52N2O6S/c1-10-44-35-26-36-32(25-31(35)28(2)27-41(44,6)7)29(23-38(50-36)40(3,4)5)17-13-11-14-18-37-42(8,9)33-24-30(51(47,48)49)20-21-34(33)43(37)22-16-12-15-19-39(45)46/h11,13-14,17-18,20-21,23-27H,10,12,15-16,19,22H2,1-9H3,(H-,45,46,47,48,49)/p+1. The molecule has 0 aromatic heterocycles. The van der Waals surface area contributed by atoms with Crippen LogP contribution in [0, 0.1) is 5.41 Å². The number of benzene rings is 2. The lowest BCUT2D eigenvalue weighted by Gasteiger charge is -2.43. The van der Waals surface area contributed by atoms with Crippen molar-refractivity contribution in [1.29, 1.82) is 0 Å². The molecule has 0 aliphatic carbocycles. The third-order valence-electron chi connectivity index (χ3n) is 10.1. The maximum Gasteiger partial charge on any atom is 0.303 e. The summed E-state index contributed by atoms with van der Waals surface area (Å²) in [5.41, 5.74) is 7.59. The molecule has 2 aromatic carbocycles. The Bertz CT molecular complexity index is 2030. The van der Waals surface area contributed by atoms with Gasteiger partial charge in [0.1, 0.15) is 18.1 Å². The van der Waals surface area contributed by atoms with E-state index in [9.17, 15) is 17.8 Å². The highest BCUT2D eigenvalue weighted by molar-refractivity contribution is 7.85. The fourth-order valence-electron chi connectivity index (χ4n) is 7.52. The lowest BCUT2D eigenvalue weighted by atomic mass is 9.81. The number of anilines is 1. The lowest BCUT2D eigenvalue weighted by Crippen LogP contribution is -2.45. The molecule has 3 heterocycles. The predicted octanol–water partition coefficient (Wildman–Crippen LogP) is 9.49. The van der Waals surface area contributed by atoms with Crippen LogP contribution in [0.15, 0.2) is 83.5 Å².